The lowest BCUT2D eigenvalue weighted by Gasteiger charge is -2.34. The normalized spacial score (nSPS) is 13.7. The number of hydrogen-bond acceptors (Lipinski definition) is 10. The molecule has 1 aromatic carbocycles. The Hall–Kier alpha value is -4.12. The number of piperazine rings is 1. The van der Waals surface area contributed by atoms with Gasteiger partial charge in [0.2, 0.25) is 17.8 Å². The second kappa shape index (κ2) is 10.9. The first kappa shape index (κ1) is 22.7. The highest BCUT2D eigenvalue weighted by Gasteiger charge is 2.21. The van der Waals surface area contributed by atoms with Gasteiger partial charge in [0.1, 0.15) is 6.33 Å². The lowest BCUT2D eigenvalue weighted by Crippen LogP contribution is -2.47. The summed E-state index contributed by atoms with van der Waals surface area (Å²) < 4.78 is 1.87. The standard InChI is InChI=1S/C24H29N11/c1-25-7-8-35-17-21(16-30-35)31-22-28-18-29-24(32-22)34-11-9-33(10-12-34)23-26-14-20(15-27-23)13-19-5-3-2-4-6-19/h2-6,14-18,25H,7-13H2,1H3,(H,28,29,31,32). The zero-order chi connectivity index (χ0) is 23.9. The molecule has 1 aliphatic rings. The van der Waals surface area contributed by atoms with E-state index >= 15 is 0 Å². The Balaban J connectivity index is 1.16. The second-order valence-corrected chi connectivity index (χ2v) is 8.36. The molecule has 11 nitrogen and oxygen atoms in total. The topological polar surface area (TPSA) is 113 Å². The maximum Gasteiger partial charge on any atom is 0.232 e. The van der Waals surface area contributed by atoms with Gasteiger partial charge in [0.05, 0.1) is 18.4 Å². The fraction of sp³-hybridized carbons (Fsp3) is 0.333. The zero-order valence-corrected chi connectivity index (χ0v) is 19.7. The van der Waals surface area contributed by atoms with Gasteiger partial charge < -0.3 is 20.4 Å². The van der Waals surface area contributed by atoms with Crippen LogP contribution in [0.3, 0.4) is 0 Å². The van der Waals surface area contributed by atoms with Crippen LogP contribution in [0.2, 0.25) is 0 Å². The van der Waals surface area contributed by atoms with E-state index in [0.29, 0.717) is 11.9 Å². The fourth-order valence-electron chi connectivity index (χ4n) is 3.95. The van der Waals surface area contributed by atoms with E-state index < -0.39 is 0 Å². The van der Waals surface area contributed by atoms with E-state index in [2.05, 4.69) is 74.7 Å². The Bertz CT molecular complexity index is 1200. The molecule has 4 heterocycles. The van der Waals surface area contributed by atoms with E-state index in [-0.39, 0.29) is 0 Å². The first-order valence-electron chi connectivity index (χ1n) is 11.7. The van der Waals surface area contributed by atoms with Gasteiger partial charge in [-0.1, -0.05) is 30.3 Å². The molecule has 11 heteroatoms. The fourth-order valence-corrected chi connectivity index (χ4v) is 3.95. The molecular formula is C24H29N11. The van der Waals surface area contributed by atoms with Crippen LogP contribution in [0.1, 0.15) is 11.1 Å². The SMILES string of the molecule is CNCCn1cc(Nc2ncnc(N3CCN(c4ncc(Cc5ccccc5)cn4)CC3)n2)cn1. The minimum Gasteiger partial charge on any atom is -0.337 e. The summed E-state index contributed by atoms with van der Waals surface area (Å²) in [7, 11) is 1.92. The predicted molar refractivity (Wildman–Crippen MR) is 135 cm³/mol. The maximum atomic E-state index is 4.61. The van der Waals surface area contributed by atoms with E-state index in [1.165, 1.54) is 11.9 Å². The molecule has 0 spiro atoms. The molecule has 1 saturated heterocycles. The van der Waals surface area contributed by atoms with Crippen molar-refractivity contribution in [3.05, 3.63) is 72.6 Å². The summed E-state index contributed by atoms with van der Waals surface area (Å²) in [4.78, 5) is 26.8. The minimum atomic E-state index is 0.503. The molecule has 35 heavy (non-hydrogen) atoms. The molecule has 0 atom stereocenters. The number of aromatic nitrogens is 7. The van der Waals surface area contributed by atoms with Crippen LogP contribution in [0.4, 0.5) is 23.5 Å². The molecule has 0 bridgehead atoms. The Morgan fingerprint density at radius 1 is 0.829 bits per heavy atom. The highest BCUT2D eigenvalue weighted by Crippen LogP contribution is 2.18. The molecule has 0 amide bonds. The quantitative estimate of drug-likeness (QED) is 0.374. The Morgan fingerprint density at radius 3 is 2.31 bits per heavy atom. The van der Waals surface area contributed by atoms with Crippen LogP contribution in [-0.2, 0) is 13.0 Å². The van der Waals surface area contributed by atoms with Crippen molar-refractivity contribution in [3.8, 4) is 0 Å². The summed E-state index contributed by atoms with van der Waals surface area (Å²) in [5.74, 6) is 1.92. The number of likely N-dealkylation sites (N-methyl/N-ethyl adjacent to an activating group) is 1. The molecule has 1 aliphatic heterocycles. The van der Waals surface area contributed by atoms with Crippen molar-refractivity contribution in [1.82, 2.24) is 40.0 Å². The highest BCUT2D eigenvalue weighted by molar-refractivity contribution is 5.51. The van der Waals surface area contributed by atoms with Gasteiger partial charge in [-0.05, 0) is 18.2 Å². The van der Waals surface area contributed by atoms with E-state index in [0.717, 1.165) is 62.9 Å². The van der Waals surface area contributed by atoms with Crippen molar-refractivity contribution in [2.24, 2.45) is 0 Å². The molecule has 0 saturated carbocycles. The van der Waals surface area contributed by atoms with Crippen molar-refractivity contribution >= 4 is 23.5 Å². The van der Waals surface area contributed by atoms with Crippen LogP contribution in [0.25, 0.3) is 0 Å². The van der Waals surface area contributed by atoms with Gasteiger partial charge >= 0.3 is 0 Å². The monoisotopic (exact) mass is 471 g/mol. The Kier molecular flexibility index (Phi) is 7.04. The van der Waals surface area contributed by atoms with Gasteiger partial charge in [0.25, 0.3) is 0 Å². The third-order valence-corrected chi connectivity index (χ3v) is 5.83. The number of hydrogen-bond donors (Lipinski definition) is 2. The molecule has 2 N–H and O–H groups in total. The van der Waals surface area contributed by atoms with E-state index in [1.807, 2.05) is 36.4 Å². The molecular weight excluding hydrogens is 442 g/mol. The van der Waals surface area contributed by atoms with E-state index in [1.54, 1.807) is 6.20 Å². The van der Waals surface area contributed by atoms with Gasteiger partial charge in [-0.2, -0.15) is 10.1 Å². The van der Waals surface area contributed by atoms with E-state index in [9.17, 15) is 0 Å². The third kappa shape index (κ3) is 5.87. The Labute approximate surface area is 204 Å². The maximum absolute atomic E-state index is 4.61. The van der Waals surface area contributed by atoms with Crippen molar-refractivity contribution in [2.45, 2.75) is 13.0 Å². The van der Waals surface area contributed by atoms with Gasteiger partial charge in [0.15, 0.2) is 0 Å². The van der Waals surface area contributed by atoms with Crippen LogP contribution in [0, 0.1) is 0 Å². The summed E-state index contributed by atoms with van der Waals surface area (Å²) in [6, 6.07) is 10.4. The molecule has 3 aromatic heterocycles. The zero-order valence-electron chi connectivity index (χ0n) is 19.7. The summed E-state index contributed by atoms with van der Waals surface area (Å²) >= 11 is 0. The van der Waals surface area contributed by atoms with Gasteiger partial charge in [-0.15, -0.1) is 0 Å². The smallest absolute Gasteiger partial charge is 0.232 e. The van der Waals surface area contributed by atoms with Gasteiger partial charge in [-0.3, -0.25) is 4.68 Å². The summed E-state index contributed by atoms with van der Waals surface area (Å²) in [5, 5.41) is 10.7. The summed E-state index contributed by atoms with van der Waals surface area (Å²) in [6.07, 6.45) is 9.92. The van der Waals surface area contributed by atoms with Gasteiger partial charge in [0, 0.05) is 57.7 Å². The number of benzene rings is 1. The van der Waals surface area contributed by atoms with Crippen molar-refractivity contribution < 1.29 is 0 Å². The van der Waals surface area contributed by atoms with Crippen molar-refractivity contribution in [3.63, 3.8) is 0 Å². The Morgan fingerprint density at radius 2 is 1.57 bits per heavy atom. The molecule has 4 aromatic rings. The lowest BCUT2D eigenvalue weighted by molar-refractivity contribution is 0.585. The number of anilines is 4. The molecule has 180 valence electrons. The molecule has 5 rings (SSSR count). The molecule has 1 fully saturated rings. The average Bonchev–Trinajstić information content (AvgIpc) is 3.36. The van der Waals surface area contributed by atoms with Crippen LogP contribution >= 0.6 is 0 Å². The van der Waals surface area contributed by atoms with Gasteiger partial charge in [-0.25, -0.2) is 19.9 Å². The lowest BCUT2D eigenvalue weighted by atomic mass is 10.1. The van der Waals surface area contributed by atoms with Crippen molar-refractivity contribution in [2.75, 3.05) is 54.9 Å². The van der Waals surface area contributed by atoms with E-state index in [4.69, 9.17) is 0 Å². The number of nitrogens with zero attached hydrogens (tertiary/aromatic N) is 9. The average molecular weight is 472 g/mol. The second-order valence-electron chi connectivity index (χ2n) is 8.36. The van der Waals surface area contributed by atoms with Crippen LogP contribution in [0.5, 0.6) is 0 Å². The molecule has 0 aliphatic carbocycles. The minimum absolute atomic E-state index is 0.503. The van der Waals surface area contributed by atoms with Crippen LogP contribution in [0.15, 0.2) is 61.4 Å². The molecule has 0 radical (unpaired) electrons. The molecule has 0 unspecified atom stereocenters. The third-order valence-electron chi connectivity index (χ3n) is 5.83. The summed E-state index contributed by atoms with van der Waals surface area (Å²) in [5.41, 5.74) is 3.21. The van der Waals surface area contributed by atoms with Crippen molar-refractivity contribution in [1.29, 1.82) is 0 Å². The largest absolute Gasteiger partial charge is 0.337 e. The number of rotatable bonds is 9. The first-order chi connectivity index (χ1) is 17.3. The highest BCUT2D eigenvalue weighted by atomic mass is 15.4. The predicted octanol–water partition coefficient (Wildman–Crippen LogP) is 1.74. The van der Waals surface area contributed by atoms with Crippen LogP contribution < -0.4 is 20.4 Å². The first-order valence-corrected chi connectivity index (χ1v) is 11.7. The summed E-state index contributed by atoms with van der Waals surface area (Å²) in [6.45, 7) is 4.80. The van der Waals surface area contributed by atoms with Crippen LogP contribution in [-0.4, -0.2) is 74.5 Å². The number of nitrogens with one attached hydrogen (secondary N) is 2.